The lowest BCUT2D eigenvalue weighted by Gasteiger charge is -2.36. The van der Waals surface area contributed by atoms with Gasteiger partial charge in [0, 0.05) is 43.1 Å². The summed E-state index contributed by atoms with van der Waals surface area (Å²) in [5.41, 5.74) is 1.38. The van der Waals surface area contributed by atoms with Crippen LogP contribution in [0, 0.1) is 5.82 Å². The van der Waals surface area contributed by atoms with Crippen LogP contribution in [0.1, 0.15) is 10.5 Å². The third-order valence-corrected chi connectivity index (χ3v) is 5.36. The van der Waals surface area contributed by atoms with Gasteiger partial charge in [0.15, 0.2) is 5.69 Å². The molecule has 1 saturated heterocycles. The van der Waals surface area contributed by atoms with E-state index in [2.05, 4.69) is 15.3 Å². The molecule has 2 amide bonds. The van der Waals surface area contributed by atoms with Crippen LogP contribution in [0.25, 0.3) is 5.69 Å². The molecule has 160 valence electrons. The molecule has 1 aliphatic heterocycles. The lowest BCUT2D eigenvalue weighted by Crippen LogP contribution is -2.51. The number of carbonyl (C=O) groups is 2. The Hall–Kier alpha value is -3.39. The number of hydrogen-bond acceptors (Lipinski definition) is 4. The zero-order valence-corrected chi connectivity index (χ0v) is 17.4. The smallest absolute Gasteiger partial charge is 0.272 e. The number of anilines is 1. The average Bonchev–Trinajstić information content (AvgIpc) is 3.28. The SMILES string of the molecule is O=C(NCC(=O)N1CCN(c2cccc(Cl)c2)CC1)c1ccn(-c2ccccc2F)n1. The van der Waals surface area contributed by atoms with Gasteiger partial charge in [0.2, 0.25) is 5.91 Å². The summed E-state index contributed by atoms with van der Waals surface area (Å²) in [6, 6.07) is 15.3. The molecule has 1 N–H and O–H groups in total. The van der Waals surface area contributed by atoms with Crippen molar-refractivity contribution >= 4 is 29.1 Å². The molecule has 0 bridgehead atoms. The number of carbonyl (C=O) groups excluding carboxylic acids is 2. The van der Waals surface area contributed by atoms with Gasteiger partial charge < -0.3 is 15.1 Å². The number of benzene rings is 2. The van der Waals surface area contributed by atoms with Gasteiger partial charge in [-0.1, -0.05) is 29.8 Å². The monoisotopic (exact) mass is 441 g/mol. The van der Waals surface area contributed by atoms with Crippen molar-refractivity contribution in [3.8, 4) is 5.69 Å². The third-order valence-electron chi connectivity index (χ3n) is 5.13. The van der Waals surface area contributed by atoms with E-state index < -0.39 is 11.7 Å². The minimum absolute atomic E-state index is 0.113. The van der Waals surface area contributed by atoms with Crippen LogP contribution in [0.15, 0.2) is 60.8 Å². The Labute approximate surface area is 184 Å². The molecule has 1 aromatic heterocycles. The normalized spacial score (nSPS) is 13.9. The van der Waals surface area contributed by atoms with Crippen molar-refractivity contribution in [1.29, 1.82) is 0 Å². The van der Waals surface area contributed by atoms with Gasteiger partial charge >= 0.3 is 0 Å². The predicted octanol–water partition coefficient (Wildman–Crippen LogP) is 2.74. The second kappa shape index (κ2) is 9.18. The zero-order valence-electron chi connectivity index (χ0n) is 16.7. The molecule has 2 heterocycles. The van der Waals surface area contributed by atoms with Crippen LogP contribution in [0.4, 0.5) is 10.1 Å². The number of halogens is 2. The number of amides is 2. The Morgan fingerprint density at radius 1 is 1.03 bits per heavy atom. The first-order valence-electron chi connectivity index (χ1n) is 9.88. The van der Waals surface area contributed by atoms with E-state index in [0.717, 1.165) is 5.69 Å². The van der Waals surface area contributed by atoms with E-state index in [9.17, 15) is 14.0 Å². The molecule has 7 nitrogen and oxygen atoms in total. The fourth-order valence-electron chi connectivity index (χ4n) is 3.46. The molecule has 2 aromatic carbocycles. The van der Waals surface area contributed by atoms with E-state index in [4.69, 9.17) is 11.6 Å². The van der Waals surface area contributed by atoms with Crippen LogP contribution < -0.4 is 10.2 Å². The Bertz CT molecular complexity index is 1090. The lowest BCUT2D eigenvalue weighted by molar-refractivity contribution is -0.130. The third kappa shape index (κ3) is 4.86. The number of hydrogen-bond donors (Lipinski definition) is 1. The largest absolute Gasteiger partial charge is 0.368 e. The van der Waals surface area contributed by atoms with Gasteiger partial charge in [-0.25, -0.2) is 9.07 Å². The minimum atomic E-state index is -0.485. The van der Waals surface area contributed by atoms with Crippen LogP contribution in [-0.4, -0.2) is 59.2 Å². The molecule has 1 fully saturated rings. The van der Waals surface area contributed by atoms with Crippen LogP contribution >= 0.6 is 11.6 Å². The summed E-state index contributed by atoms with van der Waals surface area (Å²) in [6.07, 6.45) is 1.50. The summed E-state index contributed by atoms with van der Waals surface area (Å²) < 4.78 is 15.2. The standard InChI is InChI=1S/C22H21ClFN5O2/c23-16-4-3-5-17(14-16)27-10-12-28(13-11-27)21(30)15-25-22(31)19-8-9-29(26-19)20-7-2-1-6-18(20)24/h1-9,14H,10-13,15H2,(H,25,31). The van der Waals surface area contributed by atoms with Crippen molar-refractivity contribution in [2.24, 2.45) is 0 Å². The first kappa shape index (κ1) is 20.9. The molecule has 3 aromatic rings. The highest BCUT2D eigenvalue weighted by atomic mass is 35.5. The van der Waals surface area contributed by atoms with E-state index >= 15 is 0 Å². The molecule has 0 atom stereocenters. The molecule has 9 heteroatoms. The summed E-state index contributed by atoms with van der Waals surface area (Å²) >= 11 is 6.05. The van der Waals surface area contributed by atoms with E-state index in [1.807, 2.05) is 24.3 Å². The molecule has 0 spiro atoms. The number of nitrogens with one attached hydrogen (secondary N) is 1. The van der Waals surface area contributed by atoms with Gasteiger partial charge in [0.05, 0.1) is 6.54 Å². The van der Waals surface area contributed by atoms with Crippen LogP contribution in [-0.2, 0) is 4.79 Å². The van der Waals surface area contributed by atoms with Gasteiger partial charge in [-0.15, -0.1) is 0 Å². The maximum atomic E-state index is 13.9. The fourth-order valence-corrected chi connectivity index (χ4v) is 3.65. The summed E-state index contributed by atoms with van der Waals surface area (Å²) in [4.78, 5) is 28.7. The Kier molecular flexibility index (Phi) is 6.18. The number of rotatable bonds is 5. The number of para-hydroxylation sites is 1. The Morgan fingerprint density at radius 3 is 2.55 bits per heavy atom. The second-order valence-electron chi connectivity index (χ2n) is 7.13. The van der Waals surface area contributed by atoms with Gasteiger partial charge in [-0.05, 0) is 36.4 Å². The summed E-state index contributed by atoms with van der Waals surface area (Å²) in [7, 11) is 0. The van der Waals surface area contributed by atoms with E-state index in [0.29, 0.717) is 31.2 Å². The first-order chi connectivity index (χ1) is 15.0. The second-order valence-corrected chi connectivity index (χ2v) is 7.56. The van der Waals surface area contributed by atoms with E-state index in [1.54, 1.807) is 23.1 Å². The van der Waals surface area contributed by atoms with E-state index in [1.165, 1.54) is 23.0 Å². The molecular weight excluding hydrogens is 421 g/mol. The summed E-state index contributed by atoms with van der Waals surface area (Å²) in [5, 5.41) is 7.38. The van der Waals surface area contributed by atoms with Crippen molar-refractivity contribution < 1.29 is 14.0 Å². The van der Waals surface area contributed by atoms with Gasteiger partial charge in [-0.2, -0.15) is 5.10 Å². The topological polar surface area (TPSA) is 70.5 Å². The highest BCUT2D eigenvalue weighted by molar-refractivity contribution is 6.30. The average molecular weight is 442 g/mol. The Morgan fingerprint density at radius 2 is 1.81 bits per heavy atom. The molecule has 0 unspecified atom stereocenters. The number of nitrogens with zero attached hydrogens (tertiary/aromatic N) is 4. The van der Waals surface area contributed by atoms with Gasteiger partial charge in [-0.3, -0.25) is 9.59 Å². The van der Waals surface area contributed by atoms with E-state index in [-0.39, 0.29) is 23.8 Å². The van der Waals surface area contributed by atoms with Crippen molar-refractivity contribution in [2.75, 3.05) is 37.6 Å². The molecule has 31 heavy (non-hydrogen) atoms. The Balaban J connectivity index is 1.28. The van der Waals surface area contributed by atoms with Gasteiger partial charge in [0.1, 0.15) is 11.5 Å². The van der Waals surface area contributed by atoms with Crippen molar-refractivity contribution in [1.82, 2.24) is 20.0 Å². The van der Waals surface area contributed by atoms with Gasteiger partial charge in [0.25, 0.3) is 5.91 Å². The molecule has 0 aliphatic carbocycles. The highest BCUT2D eigenvalue weighted by Gasteiger charge is 2.22. The maximum absolute atomic E-state index is 13.9. The van der Waals surface area contributed by atoms with Crippen molar-refractivity contribution in [2.45, 2.75) is 0 Å². The predicted molar refractivity (Wildman–Crippen MR) is 116 cm³/mol. The molecule has 0 saturated carbocycles. The summed E-state index contributed by atoms with van der Waals surface area (Å²) in [6.45, 7) is 2.37. The number of aromatic nitrogens is 2. The van der Waals surface area contributed by atoms with Crippen LogP contribution in [0.3, 0.4) is 0 Å². The lowest BCUT2D eigenvalue weighted by atomic mass is 10.2. The van der Waals surface area contributed by atoms with Crippen molar-refractivity contribution in [3.63, 3.8) is 0 Å². The summed E-state index contributed by atoms with van der Waals surface area (Å²) in [5.74, 6) is -1.08. The molecular formula is C22H21ClFN5O2. The first-order valence-corrected chi connectivity index (χ1v) is 10.3. The van der Waals surface area contributed by atoms with Crippen molar-refractivity contribution in [3.05, 3.63) is 77.3 Å². The molecule has 1 aliphatic rings. The van der Waals surface area contributed by atoms with Crippen LogP contribution in [0.2, 0.25) is 5.02 Å². The zero-order chi connectivity index (χ0) is 21.8. The minimum Gasteiger partial charge on any atom is -0.368 e. The molecule has 0 radical (unpaired) electrons. The molecule has 4 rings (SSSR count). The quantitative estimate of drug-likeness (QED) is 0.661. The maximum Gasteiger partial charge on any atom is 0.272 e. The number of piperazine rings is 1. The van der Waals surface area contributed by atoms with Crippen LogP contribution in [0.5, 0.6) is 0 Å². The highest BCUT2D eigenvalue weighted by Crippen LogP contribution is 2.20. The fraction of sp³-hybridized carbons (Fsp3) is 0.227.